The second-order valence-electron chi connectivity index (χ2n) is 6.80. The van der Waals surface area contributed by atoms with E-state index in [4.69, 9.17) is 5.11 Å². The lowest BCUT2D eigenvalue weighted by Gasteiger charge is -2.43. The Kier molecular flexibility index (Phi) is 4.51. The van der Waals surface area contributed by atoms with Gasteiger partial charge in [-0.15, -0.1) is 0 Å². The summed E-state index contributed by atoms with van der Waals surface area (Å²) in [6.07, 6.45) is 4.96. The van der Waals surface area contributed by atoms with Crippen LogP contribution in [0.25, 0.3) is 0 Å². The molecule has 4 nitrogen and oxygen atoms in total. The van der Waals surface area contributed by atoms with Crippen LogP contribution in [0.15, 0.2) is 0 Å². The molecule has 2 fully saturated rings. The molecule has 0 spiro atoms. The van der Waals surface area contributed by atoms with Crippen molar-refractivity contribution in [1.29, 1.82) is 0 Å². The first-order chi connectivity index (χ1) is 8.89. The van der Waals surface area contributed by atoms with Crippen LogP contribution in [0.4, 0.5) is 0 Å². The van der Waals surface area contributed by atoms with Crippen molar-refractivity contribution in [3.8, 4) is 0 Å². The van der Waals surface area contributed by atoms with E-state index in [2.05, 4.69) is 18.7 Å². The van der Waals surface area contributed by atoms with E-state index in [-0.39, 0.29) is 5.92 Å². The molecule has 19 heavy (non-hydrogen) atoms. The zero-order valence-electron chi connectivity index (χ0n) is 12.1. The van der Waals surface area contributed by atoms with E-state index < -0.39 is 11.6 Å². The van der Waals surface area contributed by atoms with Crippen molar-refractivity contribution in [1.82, 2.24) is 4.90 Å². The fraction of sp³-hybridized carbons (Fsp3) is 0.933. The van der Waals surface area contributed by atoms with E-state index in [1.54, 1.807) is 0 Å². The van der Waals surface area contributed by atoms with Crippen molar-refractivity contribution in [2.75, 3.05) is 13.1 Å². The third kappa shape index (κ3) is 3.69. The molecule has 0 aromatic rings. The molecule has 1 saturated carbocycles. The molecule has 0 aromatic heterocycles. The molecule has 0 bridgehead atoms. The van der Waals surface area contributed by atoms with Gasteiger partial charge in [-0.2, -0.15) is 0 Å². The van der Waals surface area contributed by atoms with E-state index in [0.717, 1.165) is 6.54 Å². The van der Waals surface area contributed by atoms with Gasteiger partial charge in [0.1, 0.15) is 0 Å². The van der Waals surface area contributed by atoms with Gasteiger partial charge in [-0.3, -0.25) is 9.69 Å². The second-order valence-corrected chi connectivity index (χ2v) is 6.80. The largest absolute Gasteiger partial charge is 0.481 e. The first kappa shape index (κ1) is 14.8. The van der Waals surface area contributed by atoms with E-state index in [0.29, 0.717) is 44.2 Å². The summed E-state index contributed by atoms with van der Waals surface area (Å²) in [6, 6.07) is 0.539. The number of carboxylic acid groups (broad SMARTS) is 1. The maximum atomic E-state index is 11.0. The monoisotopic (exact) mass is 269 g/mol. The third-order valence-electron chi connectivity index (χ3n) is 5.01. The van der Waals surface area contributed by atoms with Gasteiger partial charge in [0.2, 0.25) is 0 Å². The number of rotatable bonds is 3. The van der Waals surface area contributed by atoms with Gasteiger partial charge in [0.25, 0.3) is 0 Å². The predicted molar refractivity (Wildman–Crippen MR) is 74.0 cm³/mol. The van der Waals surface area contributed by atoms with E-state index in [1.165, 1.54) is 12.8 Å². The number of carboxylic acids is 1. The summed E-state index contributed by atoms with van der Waals surface area (Å²) in [5.74, 6) is -0.254. The van der Waals surface area contributed by atoms with Gasteiger partial charge in [0.15, 0.2) is 0 Å². The zero-order valence-corrected chi connectivity index (χ0v) is 12.1. The van der Waals surface area contributed by atoms with Gasteiger partial charge >= 0.3 is 5.97 Å². The number of aliphatic carboxylic acids is 1. The highest BCUT2D eigenvalue weighted by molar-refractivity contribution is 5.70. The Morgan fingerprint density at radius 3 is 2.42 bits per heavy atom. The Bertz CT molecular complexity index is 323. The van der Waals surface area contributed by atoms with E-state index in [9.17, 15) is 9.90 Å². The average molecular weight is 269 g/mol. The molecule has 1 saturated heterocycles. The fourth-order valence-electron chi connectivity index (χ4n) is 3.54. The number of likely N-dealkylation sites (tertiary alicyclic amines) is 1. The minimum absolute atomic E-state index is 0.252. The molecule has 1 aliphatic carbocycles. The predicted octanol–water partition coefficient (Wildman–Crippen LogP) is 2.11. The topological polar surface area (TPSA) is 60.8 Å². The van der Waals surface area contributed by atoms with Crippen LogP contribution < -0.4 is 0 Å². The molecule has 2 atom stereocenters. The fourth-order valence-corrected chi connectivity index (χ4v) is 3.54. The summed E-state index contributed by atoms with van der Waals surface area (Å²) in [5.41, 5.74) is -0.669. The molecule has 0 aromatic carbocycles. The van der Waals surface area contributed by atoms with Crippen LogP contribution in [0, 0.1) is 11.8 Å². The maximum absolute atomic E-state index is 11.0. The van der Waals surface area contributed by atoms with Crippen LogP contribution in [0.2, 0.25) is 0 Å². The first-order valence-corrected chi connectivity index (χ1v) is 7.59. The Morgan fingerprint density at radius 1 is 1.21 bits per heavy atom. The minimum Gasteiger partial charge on any atom is -0.481 e. The number of hydrogen-bond donors (Lipinski definition) is 2. The van der Waals surface area contributed by atoms with E-state index >= 15 is 0 Å². The Hall–Kier alpha value is -0.610. The molecule has 1 heterocycles. The number of carbonyl (C=O) groups is 1. The SMILES string of the molecule is CC1CCC(C)N(CC2(O)CCC(C(=O)O)CC2)C1. The van der Waals surface area contributed by atoms with Crippen molar-refractivity contribution < 1.29 is 15.0 Å². The van der Waals surface area contributed by atoms with Gasteiger partial charge in [0, 0.05) is 19.1 Å². The van der Waals surface area contributed by atoms with Gasteiger partial charge < -0.3 is 10.2 Å². The maximum Gasteiger partial charge on any atom is 0.306 e. The minimum atomic E-state index is -0.706. The Balaban J connectivity index is 1.89. The summed E-state index contributed by atoms with van der Waals surface area (Å²) in [7, 11) is 0. The zero-order chi connectivity index (χ0) is 14.0. The Morgan fingerprint density at radius 2 is 1.84 bits per heavy atom. The highest BCUT2D eigenvalue weighted by Gasteiger charge is 2.38. The van der Waals surface area contributed by atoms with Crippen molar-refractivity contribution in [3.05, 3.63) is 0 Å². The van der Waals surface area contributed by atoms with Crippen molar-refractivity contribution >= 4 is 5.97 Å². The van der Waals surface area contributed by atoms with Gasteiger partial charge in [-0.05, 0) is 51.4 Å². The molecule has 0 radical (unpaired) electrons. The van der Waals surface area contributed by atoms with Gasteiger partial charge in [-0.1, -0.05) is 6.92 Å². The lowest BCUT2D eigenvalue weighted by Crippen LogP contribution is -2.51. The van der Waals surface area contributed by atoms with Crippen LogP contribution in [0.3, 0.4) is 0 Å². The molecule has 1 aliphatic heterocycles. The summed E-state index contributed by atoms with van der Waals surface area (Å²) in [6.45, 7) is 6.28. The molecule has 2 aliphatic rings. The smallest absolute Gasteiger partial charge is 0.306 e. The molecular formula is C15H27NO3. The number of aliphatic hydroxyl groups is 1. The van der Waals surface area contributed by atoms with E-state index in [1.807, 2.05) is 0 Å². The molecule has 4 heteroatoms. The molecule has 2 N–H and O–H groups in total. The third-order valence-corrected chi connectivity index (χ3v) is 5.01. The average Bonchev–Trinajstić information content (AvgIpc) is 2.34. The van der Waals surface area contributed by atoms with Gasteiger partial charge in [0.05, 0.1) is 11.5 Å². The molecular weight excluding hydrogens is 242 g/mol. The second kappa shape index (κ2) is 5.80. The quantitative estimate of drug-likeness (QED) is 0.824. The summed E-state index contributed by atoms with van der Waals surface area (Å²) in [5, 5.41) is 19.7. The van der Waals surface area contributed by atoms with Crippen molar-refractivity contribution in [3.63, 3.8) is 0 Å². The van der Waals surface area contributed by atoms with Crippen LogP contribution >= 0.6 is 0 Å². The highest BCUT2D eigenvalue weighted by Crippen LogP contribution is 2.34. The first-order valence-electron chi connectivity index (χ1n) is 7.59. The molecule has 110 valence electrons. The molecule has 2 rings (SSSR count). The number of piperidine rings is 1. The van der Waals surface area contributed by atoms with Gasteiger partial charge in [-0.25, -0.2) is 0 Å². The number of hydrogen-bond acceptors (Lipinski definition) is 3. The van der Waals surface area contributed by atoms with Crippen LogP contribution in [-0.4, -0.2) is 45.8 Å². The van der Waals surface area contributed by atoms with Crippen molar-refractivity contribution in [2.24, 2.45) is 11.8 Å². The molecule has 2 unspecified atom stereocenters. The molecule has 0 amide bonds. The lowest BCUT2D eigenvalue weighted by molar-refractivity contribution is -0.145. The summed E-state index contributed by atoms with van der Waals surface area (Å²) >= 11 is 0. The normalized spacial score (nSPS) is 41.1. The summed E-state index contributed by atoms with van der Waals surface area (Å²) in [4.78, 5) is 13.4. The summed E-state index contributed by atoms with van der Waals surface area (Å²) < 4.78 is 0. The standard InChI is InChI=1S/C15H27NO3/c1-11-3-4-12(2)16(9-11)10-15(19)7-5-13(6-8-15)14(17)18/h11-13,19H,3-10H2,1-2H3,(H,17,18). The lowest BCUT2D eigenvalue weighted by atomic mass is 9.78. The number of nitrogens with zero attached hydrogens (tertiary/aromatic N) is 1. The Labute approximate surface area is 115 Å². The number of β-amino-alcohol motifs (C(OH)–C–C–N with tert-alkyl or cyclic N) is 1. The van der Waals surface area contributed by atoms with Crippen LogP contribution in [0.1, 0.15) is 52.4 Å². The van der Waals surface area contributed by atoms with Crippen LogP contribution in [0.5, 0.6) is 0 Å². The highest BCUT2D eigenvalue weighted by atomic mass is 16.4. The van der Waals surface area contributed by atoms with Crippen LogP contribution in [-0.2, 0) is 4.79 Å². The van der Waals surface area contributed by atoms with Crippen molar-refractivity contribution in [2.45, 2.75) is 64.0 Å².